The average molecular weight is 307 g/mol. The third-order valence-electron chi connectivity index (χ3n) is 3.82. The van der Waals surface area contributed by atoms with E-state index in [0.29, 0.717) is 5.56 Å². The van der Waals surface area contributed by atoms with Gasteiger partial charge in [-0.2, -0.15) is 0 Å². The Bertz CT molecular complexity index is 609. The summed E-state index contributed by atoms with van der Waals surface area (Å²) < 4.78 is 13.4. The number of benzene rings is 2. The highest BCUT2D eigenvalue weighted by atomic mass is 35.5. The van der Waals surface area contributed by atoms with Crippen LogP contribution in [0.5, 0.6) is 0 Å². The van der Waals surface area contributed by atoms with E-state index in [9.17, 15) is 4.39 Å². The lowest BCUT2D eigenvalue weighted by atomic mass is 10.0. The van der Waals surface area contributed by atoms with Crippen molar-refractivity contribution >= 4 is 18.1 Å². The van der Waals surface area contributed by atoms with Gasteiger partial charge in [-0.15, -0.1) is 12.4 Å². The highest BCUT2D eigenvalue weighted by molar-refractivity contribution is 5.85. The molecule has 0 amide bonds. The van der Waals surface area contributed by atoms with E-state index in [1.54, 1.807) is 13.0 Å². The number of halogens is 2. The van der Waals surface area contributed by atoms with Crippen molar-refractivity contribution in [3.05, 3.63) is 53.8 Å². The van der Waals surface area contributed by atoms with Gasteiger partial charge in [0.15, 0.2) is 0 Å². The van der Waals surface area contributed by atoms with Crippen LogP contribution in [0.25, 0.3) is 11.1 Å². The summed E-state index contributed by atoms with van der Waals surface area (Å²) in [5.74, 6) is -0.146. The Morgan fingerprint density at radius 3 is 2.43 bits per heavy atom. The predicted octanol–water partition coefficient (Wildman–Crippen LogP) is 3.63. The van der Waals surface area contributed by atoms with Crippen LogP contribution < -0.4 is 10.2 Å². The van der Waals surface area contributed by atoms with Gasteiger partial charge in [-0.3, -0.25) is 0 Å². The lowest BCUT2D eigenvalue weighted by Gasteiger charge is -2.29. The molecule has 0 spiro atoms. The molecule has 112 valence electrons. The predicted molar refractivity (Wildman–Crippen MR) is 88.9 cm³/mol. The van der Waals surface area contributed by atoms with Crippen molar-refractivity contribution in [1.29, 1.82) is 0 Å². The van der Waals surface area contributed by atoms with Crippen molar-refractivity contribution in [3.8, 4) is 11.1 Å². The lowest BCUT2D eigenvalue weighted by molar-refractivity contribution is 0.589. The molecule has 2 aromatic carbocycles. The van der Waals surface area contributed by atoms with Crippen molar-refractivity contribution in [2.45, 2.75) is 6.92 Å². The molecular formula is C17H20ClFN2. The maximum Gasteiger partial charge on any atom is 0.126 e. The molecule has 3 rings (SSSR count). The van der Waals surface area contributed by atoms with E-state index in [4.69, 9.17) is 0 Å². The highest BCUT2D eigenvalue weighted by Crippen LogP contribution is 2.26. The number of anilines is 1. The molecule has 1 aliphatic rings. The van der Waals surface area contributed by atoms with Gasteiger partial charge < -0.3 is 10.2 Å². The van der Waals surface area contributed by atoms with Crippen LogP contribution in [-0.4, -0.2) is 26.2 Å². The van der Waals surface area contributed by atoms with Crippen molar-refractivity contribution in [2.24, 2.45) is 0 Å². The fourth-order valence-electron chi connectivity index (χ4n) is 2.63. The minimum absolute atomic E-state index is 0. The van der Waals surface area contributed by atoms with Crippen molar-refractivity contribution < 1.29 is 4.39 Å². The molecule has 1 N–H and O–H groups in total. The van der Waals surface area contributed by atoms with Gasteiger partial charge in [0.05, 0.1) is 0 Å². The minimum atomic E-state index is -0.146. The van der Waals surface area contributed by atoms with Gasteiger partial charge in [0.1, 0.15) is 5.82 Å². The van der Waals surface area contributed by atoms with E-state index in [0.717, 1.165) is 37.3 Å². The SMILES string of the molecule is Cc1cc(-c2cccc(N3CCNCC3)c2)ccc1F.Cl. The minimum Gasteiger partial charge on any atom is -0.369 e. The van der Waals surface area contributed by atoms with E-state index >= 15 is 0 Å². The first kappa shape index (κ1) is 15.8. The van der Waals surface area contributed by atoms with E-state index < -0.39 is 0 Å². The first-order valence-electron chi connectivity index (χ1n) is 7.06. The van der Waals surface area contributed by atoms with Crippen LogP contribution in [0.3, 0.4) is 0 Å². The molecule has 0 unspecified atom stereocenters. The molecule has 4 heteroatoms. The van der Waals surface area contributed by atoms with Gasteiger partial charge in [0, 0.05) is 31.9 Å². The van der Waals surface area contributed by atoms with Gasteiger partial charge in [-0.05, 0) is 47.9 Å². The summed E-state index contributed by atoms with van der Waals surface area (Å²) in [5, 5.41) is 3.36. The molecule has 1 aliphatic heterocycles. The maximum atomic E-state index is 13.4. The van der Waals surface area contributed by atoms with E-state index in [2.05, 4.69) is 34.5 Å². The molecule has 21 heavy (non-hydrogen) atoms. The normalized spacial score (nSPS) is 14.7. The zero-order chi connectivity index (χ0) is 13.9. The van der Waals surface area contributed by atoms with Crippen LogP contribution in [0, 0.1) is 12.7 Å². The molecule has 0 aliphatic carbocycles. The first-order chi connectivity index (χ1) is 9.74. The molecule has 0 radical (unpaired) electrons. The van der Waals surface area contributed by atoms with Gasteiger partial charge in [0.2, 0.25) is 0 Å². The molecular weight excluding hydrogens is 287 g/mol. The number of hydrogen-bond acceptors (Lipinski definition) is 2. The van der Waals surface area contributed by atoms with E-state index in [1.807, 2.05) is 12.1 Å². The first-order valence-corrected chi connectivity index (χ1v) is 7.06. The Labute approximate surface area is 131 Å². The Kier molecular flexibility index (Phi) is 5.21. The molecule has 1 saturated heterocycles. The van der Waals surface area contributed by atoms with Gasteiger partial charge in [-0.25, -0.2) is 4.39 Å². The number of aryl methyl sites for hydroxylation is 1. The monoisotopic (exact) mass is 306 g/mol. The molecule has 0 aromatic heterocycles. The maximum absolute atomic E-state index is 13.4. The van der Waals surface area contributed by atoms with Gasteiger partial charge in [0.25, 0.3) is 0 Å². The standard InChI is InChI=1S/C17H19FN2.ClH/c1-13-11-15(5-6-17(13)18)14-3-2-4-16(12-14)20-9-7-19-8-10-20;/h2-6,11-12,19H,7-10H2,1H3;1H. The molecule has 1 heterocycles. The third kappa shape index (κ3) is 3.55. The smallest absolute Gasteiger partial charge is 0.126 e. The Balaban J connectivity index is 0.00000161. The van der Waals surface area contributed by atoms with Crippen molar-refractivity contribution in [3.63, 3.8) is 0 Å². The molecule has 0 atom stereocenters. The van der Waals surface area contributed by atoms with Crippen LogP contribution in [-0.2, 0) is 0 Å². The summed E-state index contributed by atoms with van der Waals surface area (Å²) in [7, 11) is 0. The highest BCUT2D eigenvalue weighted by Gasteiger charge is 2.11. The largest absolute Gasteiger partial charge is 0.369 e. The summed E-state index contributed by atoms with van der Waals surface area (Å²) in [6, 6.07) is 13.8. The fraction of sp³-hybridized carbons (Fsp3) is 0.294. The summed E-state index contributed by atoms with van der Waals surface area (Å²) in [5.41, 5.74) is 4.14. The van der Waals surface area contributed by atoms with E-state index in [-0.39, 0.29) is 18.2 Å². The van der Waals surface area contributed by atoms with Crippen LogP contribution in [0.4, 0.5) is 10.1 Å². The van der Waals surface area contributed by atoms with Gasteiger partial charge in [-0.1, -0.05) is 18.2 Å². The number of rotatable bonds is 2. The Morgan fingerprint density at radius 2 is 1.71 bits per heavy atom. The number of nitrogens with one attached hydrogen (secondary N) is 1. The third-order valence-corrected chi connectivity index (χ3v) is 3.82. The number of piperazine rings is 1. The Hall–Kier alpha value is -1.58. The number of nitrogens with zero attached hydrogens (tertiary/aromatic N) is 1. The summed E-state index contributed by atoms with van der Waals surface area (Å²) in [4.78, 5) is 2.39. The molecule has 2 aromatic rings. The number of hydrogen-bond donors (Lipinski definition) is 1. The topological polar surface area (TPSA) is 15.3 Å². The molecule has 2 nitrogen and oxygen atoms in total. The van der Waals surface area contributed by atoms with Crippen LogP contribution in [0.15, 0.2) is 42.5 Å². The fourth-order valence-corrected chi connectivity index (χ4v) is 2.63. The summed E-state index contributed by atoms with van der Waals surface area (Å²) in [6.07, 6.45) is 0. The van der Waals surface area contributed by atoms with Gasteiger partial charge >= 0.3 is 0 Å². The zero-order valence-corrected chi connectivity index (χ0v) is 12.9. The second kappa shape index (κ2) is 6.92. The zero-order valence-electron chi connectivity index (χ0n) is 12.1. The molecule has 0 bridgehead atoms. The lowest BCUT2D eigenvalue weighted by Crippen LogP contribution is -2.43. The van der Waals surface area contributed by atoms with E-state index in [1.165, 1.54) is 5.69 Å². The average Bonchev–Trinajstić information content (AvgIpc) is 2.51. The van der Waals surface area contributed by atoms with Crippen molar-refractivity contribution in [2.75, 3.05) is 31.1 Å². The Morgan fingerprint density at radius 1 is 1.00 bits per heavy atom. The second-order valence-electron chi connectivity index (χ2n) is 5.25. The van der Waals surface area contributed by atoms with Crippen molar-refractivity contribution in [1.82, 2.24) is 5.32 Å². The molecule has 0 saturated carbocycles. The van der Waals surface area contributed by atoms with Crippen LogP contribution in [0.2, 0.25) is 0 Å². The van der Waals surface area contributed by atoms with Crippen LogP contribution >= 0.6 is 12.4 Å². The second-order valence-corrected chi connectivity index (χ2v) is 5.25. The summed E-state index contributed by atoms with van der Waals surface area (Å²) >= 11 is 0. The quantitative estimate of drug-likeness (QED) is 0.911. The summed E-state index contributed by atoms with van der Waals surface area (Å²) in [6.45, 7) is 5.93. The molecule has 1 fully saturated rings. The van der Waals surface area contributed by atoms with Crippen LogP contribution in [0.1, 0.15) is 5.56 Å².